The largest absolute Gasteiger partial charge is 0.481 e. The lowest BCUT2D eigenvalue weighted by Crippen LogP contribution is -2.43. The van der Waals surface area contributed by atoms with Gasteiger partial charge >= 0.3 is 0 Å². The fourth-order valence-corrected chi connectivity index (χ4v) is 4.24. The summed E-state index contributed by atoms with van der Waals surface area (Å²) in [7, 11) is -0.319. The SMILES string of the molecule is COc1cc(NC2CCN(S(=O)(=O)c3nccn3C)CC2)ncn1. The number of hydrogen-bond acceptors (Lipinski definition) is 7. The number of rotatable bonds is 5. The summed E-state index contributed by atoms with van der Waals surface area (Å²) < 4.78 is 33.3. The van der Waals surface area contributed by atoms with Crippen molar-refractivity contribution < 1.29 is 13.2 Å². The van der Waals surface area contributed by atoms with Gasteiger partial charge in [0.1, 0.15) is 12.1 Å². The normalized spacial score (nSPS) is 16.9. The molecule has 0 aliphatic carbocycles. The van der Waals surface area contributed by atoms with E-state index in [-0.39, 0.29) is 11.2 Å². The minimum absolute atomic E-state index is 0.0782. The third kappa shape index (κ3) is 3.34. The molecular formula is C14H20N6O3S. The Labute approximate surface area is 140 Å². The summed E-state index contributed by atoms with van der Waals surface area (Å²) >= 11 is 0. The highest BCUT2D eigenvalue weighted by Crippen LogP contribution is 2.21. The second-order valence-electron chi connectivity index (χ2n) is 5.59. The number of hydrogen-bond donors (Lipinski definition) is 1. The van der Waals surface area contributed by atoms with Crippen molar-refractivity contribution >= 4 is 15.8 Å². The number of nitrogens with zero attached hydrogens (tertiary/aromatic N) is 5. The van der Waals surface area contributed by atoms with Crippen LogP contribution in [0, 0.1) is 0 Å². The maximum atomic E-state index is 12.6. The first kappa shape index (κ1) is 16.7. The fourth-order valence-electron chi connectivity index (χ4n) is 2.70. The molecule has 0 radical (unpaired) electrons. The summed E-state index contributed by atoms with van der Waals surface area (Å²) in [6.07, 6.45) is 5.93. The van der Waals surface area contributed by atoms with Crippen molar-refractivity contribution in [3.8, 4) is 5.88 Å². The van der Waals surface area contributed by atoms with Crippen molar-refractivity contribution in [3.05, 3.63) is 24.8 Å². The van der Waals surface area contributed by atoms with Crippen LogP contribution in [0.4, 0.5) is 5.82 Å². The van der Waals surface area contributed by atoms with Crippen LogP contribution in [0.3, 0.4) is 0 Å². The Hall–Kier alpha value is -2.20. The molecule has 1 saturated heterocycles. The van der Waals surface area contributed by atoms with Crippen molar-refractivity contribution in [2.45, 2.75) is 24.0 Å². The third-order valence-electron chi connectivity index (χ3n) is 4.00. The number of aromatic nitrogens is 4. The van der Waals surface area contributed by atoms with Crippen molar-refractivity contribution in [3.63, 3.8) is 0 Å². The van der Waals surface area contributed by atoms with Crippen molar-refractivity contribution in [2.75, 3.05) is 25.5 Å². The number of piperidine rings is 1. The zero-order valence-corrected chi connectivity index (χ0v) is 14.4. The summed E-state index contributed by atoms with van der Waals surface area (Å²) in [5.74, 6) is 1.16. The first-order chi connectivity index (χ1) is 11.5. The molecular weight excluding hydrogens is 332 g/mol. The molecule has 10 heteroatoms. The smallest absolute Gasteiger partial charge is 0.277 e. The standard InChI is InChI=1S/C14H20N6O3S/c1-19-8-5-15-14(19)24(21,22)20-6-3-11(4-7-20)18-12-9-13(23-2)17-10-16-12/h5,8-11H,3-4,6-7H2,1-2H3,(H,16,17,18). The lowest BCUT2D eigenvalue weighted by Gasteiger charge is -2.31. The molecule has 0 aromatic carbocycles. The number of ether oxygens (including phenoxy) is 1. The van der Waals surface area contributed by atoms with E-state index in [9.17, 15) is 8.42 Å². The van der Waals surface area contributed by atoms with E-state index in [2.05, 4.69) is 20.3 Å². The van der Waals surface area contributed by atoms with Gasteiger partial charge in [0.05, 0.1) is 7.11 Å². The van der Waals surface area contributed by atoms with Crippen LogP contribution in [-0.4, -0.2) is 58.5 Å². The van der Waals surface area contributed by atoms with Gasteiger partial charge in [-0.15, -0.1) is 0 Å². The van der Waals surface area contributed by atoms with E-state index < -0.39 is 10.0 Å². The second-order valence-corrected chi connectivity index (χ2v) is 7.42. The van der Waals surface area contributed by atoms with Crippen LogP contribution in [0.25, 0.3) is 0 Å². The van der Waals surface area contributed by atoms with E-state index in [1.807, 2.05) is 0 Å². The number of anilines is 1. The van der Waals surface area contributed by atoms with Gasteiger partial charge in [-0.05, 0) is 12.8 Å². The first-order valence-corrected chi connectivity index (χ1v) is 9.05. The van der Waals surface area contributed by atoms with E-state index in [1.165, 1.54) is 21.4 Å². The number of nitrogens with one attached hydrogen (secondary N) is 1. The van der Waals surface area contributed by atoms with Crippen LogP contribution in [-0.2, 0) is 17.1 Å². The highest BCUT2D eigenvalue weighted by molar-refractivity contribution is 7.89. The van der Waals surface area contributed by atoms with Gasteiger partial charge in [-0.3, -0.25) is 0 Å². The van der Waals surface area contributed by atoms with Gasteiger partial charge in [-0.1, -0.05) is 0 Å². The predicted molar refractivity (Wildman–Crippen MR) is 87.2 cm³/mol. The van der Waals surface area contributed by atoms with Gasteiger partial charge in [-0.2, -0.15) is 4.31 Å². The quantitative estimate of drug-likeness (QED) is 0.835. The Morgan fingerprint density at radius 3 is 2.62 bits per heavy atom. The zero-order valence-electron chi connectivity index (χ0n) is 13.6. The number of sulfonamides is 1. The Morgan fingerprint density at radius 2 is 2.00 bits per heavy atom. The molecule has 2 aromatic rings. The van der Waals surface area contributed by atoms with Gasteiger partial charge in [-0.25, -0.2) is 23.4 Å². The molecule has 1 aliphatic heterocycles. The predicted octanol–water partition coefficient (Wildman–Crippen LogP) is 0.484. The average molecular weight is 352 g/mol. The topological polar surface area (TPSA) is 102 Å². The van der Waals surface area contributed by atoms with Crippen LogP contribution in [0.2, 0.25) is 0 Å². The van der Waals surface area contributed by atoms with Crippen molar-refractivity contribution in [2.24, 2.45) is 7.05 Å². The summed E-state index contributed by atoms with van der Waals surface area (Å²) in [6, 6.07) is 1.87. The Bertz CT molecular complexity index is 798. The monoisotopic (exact) mass is 352 g/mol. The van der Waals surface area contributed by atoms with E-state index in [0.29, 0.717) is 37.6 Å². The molecule has 0 amide bonds. The average Bonchev–Trinajstić information content (AvgIpc) is 3.02. The van der Waals surface area contributed by atoms with Crippen LogP contribution < -0.4 is 10.1 Å². The summed E-state index contributed by atoms with van der Waals surface area (Å²) in [6.45, 7) is 0.879. The zero-order chi connectivity index (χ0) is 17.2. The maximum absolute atomic E-state index is 12.6. The minimum Gasteiger partial charge on any atom is -0.481 e. The first-order valence-electron chi connectivity index (χ1n) is 7.61. The van der Waals surface area contributed by atoms with Crippen LogP contribution in [0.5, 0.6) is 5.88 Å². The van der Waals surface area contributed by atoms with E-state index in [4.69, 9.17) is 4.74 Å². The molecule has 3 heterocycles. The van der Waals surface area contributed by atoms with Crippen molar-refractivity contribution in [1.29, 1.82) is 0 Å². The Morgan fingerprint density at radius 1 is 1.25 bits per heavy atom. The van der Waals surface area contributed by atoms with Crippen LogP contribution in [0.1, 0.15) is 12.8 Å². The fraction of sp³-hybridized carbons (Fsp3) is 0.500. The molecule has 24 heavy (non-hydrogen) atoms. The van der Waals surface area contributed by atoms with Gasteiger partial charge in [0, 0.05) is 44.6 Å². The minimum atomic E-state index is -3.54. The van der Waals surface area contributed by atoms with Gasteiger partial charge in [0.2, 0.25) is 11.0 Å². The maximum Gasteiger partial charge on any atom is 0.277 e. The molecule has 2 aromatic heterocycles. The van der Waals surface area contributed by atoms with Crippen LogP contribution in [0.15, 0.2) is 29.9 Å². The molecule has 0 atom stereocenters. The lowest BCUT2D eigenvalue weighted by molar-refractivity contribution is 0.326. The van der Waals surface area contributed by atoms with Crippen molar-refractivity contribution in [1.82, 2.24) is 23.8 Å². The number of imidazole rings is 1. The van der Waals surface area contributed by atoms with Crippen LogP contribution >= 0.6 is 0 Å². The summed E-state index contributed by atoms with van der Waals surface area (Å²) in [5.41, 5.74) is 0. The summed E-state index contributed by atoms with van der Waals surface area (Å²) in [5, 5.41) is 3.38. The van der Waals surface area contributed by atoms with E-state index in [1.54, 1.807) is 26.4 Å². The molecule has 0 spiro atoms. The molecule has 3 rings (SSSR count). The summed E-state index contributed by atoms with van der Waals surface area (Å²) in [4.78, 5) is 12.1. The number of methoxy groups -OCH3 is 1. The highest BCUT2D eigenvalue weighted by Gasteiger charge is 2.32. The third-order valence-corrected chi connectivity index (χ3v) is 5.90. The molecule has 0 unspecified atom stereocenters. The number of aryl methyl sites for hydroxylation is 1. The molecule has 1 aliphatic rings. The molecule has 0 saturated carbocycles. The van der Waals surface area contributed by atoms with E-state index >= 15 is 0 Å². The van der Waals surface area contributed by atoms with Gasteiger partial charge < -0.3 is 14.6 Å². The molecule has 1 fully saturated rings. The second kappa shape index (κ2) is 6.73. The lowest BCUT2D eigenvalue weighted by atomic mass is 10.1. The van der Waals surface area contributed by atoms with Gasteiger partial charge in [0.15, 0.2) is 0 Å². The molecule has 9 nitrogen and oxygen atoms in total. The molecule has 0 bridgehead atoms. The molecule has 1 N–H and O–H groups in total. The van der Waals surface area contributed by atoms with Gasteiger partial charge in [0.25, 0.3) is 10.0 Å². The van der Waals surface area contributed by atoms with E-state index in [0.717, 1.165) is 0 Å². The highest BCUT2D eigenvalue weighted by atomic mass is 32.2. The molecule has 130 valence electrons. The Kier molecular flexibility index (Phi) is 4.67. The Balaban J connectivity index is 1.62.